The Morgan fingerprint density at radius 3 is 2.16 bits per heavy atom. The number of benzene rings is 2. The van der Waals surface area contributed by atoms with Crippen LogP contribution in [0.5, 0.6) is 5.75 Å². The zero-order chi connectivity index (χ0) is 18.4. The van der Waals surface area contributed by atoms with Gasteiger partial charge >= 0.3 is 0 Å². The standard InChI is InChI=1S/C20H24N2O3/c1-14-9-15(2)11-18(10-14)22(16(3)23)13-20(24)21-12-17-5-7-19(25-4)8-6-17/h5-11H,12-13H2,1-4H3,(H,21,24). The molecule has 132 valence electrons. The van der Waals surface area contributed by atoms with Crippen molar-refractivity contribution in [1.82, 2.24) is 5.32 Å². The number of aryl methyl sites for hydroxylation is 2. The first-order valence-corrected chi connectivity index (χ1v) is 8.15. The molecule has 2 aromatic rings. The molecule has 2 rings (SSSR count). The van der Waals surface area contributed by atoms with Gasteiger partial charge < -0.3 is 15.0 Å². The summed E-state index contributed by atoms with van der Waals surface area (Å²) in [5.74, 6) is 0.405. The second-order valence-corrected chi connectivity index (χ2v) is 6.08. The SMILES string of the molecule is COc1ccc(CNC(=O)CN(C(C)=O)c2cc(C)cc(C)c2)cc1. The Hall–Kier alpha value is -2.82. The summed E-state index contributed by atoms with van der Waals surface area (Å²) in [6.07, 6.45) is 0. The largest absolute Gasteiger partial charge is 0.497 e. The molecular formula is C20H24N2O3. The van der Waals surface area contributed by atoms with E-state index in [1.807, 2.05) is 56.3 Å². The molecule has 0 spiro atoms. The van der Waals surface area contributed by atoms with Crippen LogP contribution in [0.15, 0.2) is 42.5 Å². The van der Waals surface area contributed by atoms with Crippen LogP contribution in [0.4, 0.5) is 5.69 Å². The third kappa shape index (κ3) is 5.35. The highest BCUT2D eigenvalue weighted by molar-refractivity contribution is 5.97. The predicted molar refractivity (Wildman–Crippen MR) is 98.8 cm³/mol. The lowest BCUT2D eigenvalue weighted by Gasteiger charge is -2.21. The Balaban J connectivity index is 2.01. The van der Waals surface area contributed by atoms with Crippen LogP contribution in [-0.4, -0.2) is 25.5 Å². The molecule has 25 heavy (non-hydrogen) atoms. The Morgan fingerprint density at radius 2 is 1.64 bits per heavy atom. The fourth-order valence-electron chi connectivity index (χ4n) is 2.63. The predicted octanol–water partition coefficient (Wildman–Crippen LogP) is 2.98. The lowest BCUT2D eigenvalue weighted by atomic mass is 10.1. The first-order chi connectivity index (χ1) is 11.9. The normalized spacial score (nSPS) is 10.2. The third-order valence-corrected chi connectivity index (χ3v) is 3.85. The van der Waals surface area contributed by atoms with Crippen molar-refractivity contribution in [2.75, 3.05) is 18.6 Å². The highest BCUT2D eigenvalue weighted by Crippen LogP contribution is 2.19. The molecule has 5 nitrogen and oxygen atoms in total. The number of nitrogens with zero attached hydrogens (tertiary/aromatic N) is 1. The third-order valence-electron chi connectivity index (χ3n) is 3.85. The maximum atomic E-state index is 12.3. The molecule has 0 aromatic heterocycles. The first-order valence-electron chi connectivity index (χ1n) is 8.15. The molecule has 5 heteroatoms. The summed E-state index contributed by atoms with van der Waals surface area (Å²) in [5.41, 5.74) is 3.82. The molecule has 0 aliphatic heterocycles. The van der Waals surface area contributed by atoms with Crippen LogP contribution in [0.2, 0.25) is 0 Å². The average Bonchev–Trinajstić information content (AvgIpc) is 2.57. The molecule has 0 aliphatic carbocycles. The molecule has 0 bridgehead atoms. The van der Waals surface area contributed by atoms with Crippen molar-refractivity contribution in [3.8, 4) is 5.75 Å². The molecule has 0 saturated carbocycles. The maximum absolute atomic E-state index is 12.3. The van der Waals surface area contributed by atoms with Gasteiger partial charge in [-0.1, -0.05) is 18.2 Å². The minimum atomic E-state index is -0.204. The molecule has 0 atom stereocenters. The van der Waals surface area contributed by atoms with E-state index in [0.717, 1.165) is 28.1 Å². The van der Waals surface area contributed by atoms with E-state index in [-0.39, 0.29) is 18.4 Å². The van der Waals surface area contributed by atoms with E-state index in [0.29, 0.717) is 6.54 Å². The maximum Gasteiger partial charge on any atom is 0.240 e. The molecule has 0 aliphatic rings. The van der Waals surface area contributed by atoms with Gasteiger partial charge in [0.15, 0.2) is 0 Å². The van der Waals surface area contributed by atoms with Crippen molar-refractivity contribution in [2.24, 2.45) is 0 Å². The van der Waals surface area contributed by atoms with Crippen molar-refractivity contribution >= 4 is 17.5 Å². The molecule has 2 aromatic carbocycles. The van der Waals surface area contributed by atoms with E-state index in [1.165, 1.54) is 11.8 Å². The molecule has 0 radical (unpaired) electrons. The summed E-state index contributed by atoms with van der Waals surface area (Å²) in [4.78, 5) is 25.7. The van der Waals surface area contributed by atoms with Gasteiger partial charge in [-0.25, -0.2) is 0 Å². The Kier molecular flexibility index (Phi) is 6.17. The number of hydrogen-bond donors (Lipinski definition) is 1. The summed E-state index contributed by atoms with van der Waals surface area (Å²) in [7, 11) is 1.61. The van der Waals surface area contributed by atoms with Gasteiger partial charge in [-0.05, 0) is 54.8 Å². The van der Waals surface area contributed by atoms with Gasteiger partial charge in [-0.2, -0.15) is 0 Å². The van der Waals surface area contributed by atoms with Gasteiger partial charge in [0.1, 0.15) is 12.3 Å². The lowest BCUT2D eigenvalue weighted by Crippen LogP contribution is -2.39. The quantitative estimate of drug-likeness (QED) is 0.879. The van der Waals surface area contributed by atoms with Gasteiger partial charge in [0.25, 0.3) is 0 Å². The number of hydrogen-bond acceptors (Lipinski definition) is 3. The Morgan fingerprint density at radius 1 is 1.04 bits per heavy atom. The van der Waals surface area contributed by atoms with Crippen LogP contribution in [0.3, 0.4) is 0 Å². The fourth-order valence-corrected chi connectivity index (χ4v) is 2.63. The fraction of sp³-hybridized carbons (Fsp3) is 0.300. The van der Waals surface area contributed by atoms with Gasteiger partial charge in [0.2, 0.25) is 11.8 Å². The van der Waals surface area contributed by atoms with Crippen molar-refractivity contribution in [3.05, 3.63) is 59.2 Å². The second kappa shape index (κ2) is 8.33. The second-order valence-electron chi connectivity index (χ2n) is 6.08. The molecule has 0 fully saturated rings. The van der Waals surface area contributed by atoms with Crippen molar-refractivity contribution < 1.29 is 14.3 Å². The van der Waals surface area contributed by atoms with E-state index < -0.39 is 0 Å². The number of amides is 2. The van der Waals surface area contributed by atoms with Gasteiger partial charge in [0.05, 0.1) is 7.11 Å². The monoisotopic (exact) mass is 340 g/mol. The van der Waals surface area contributed by atoms with Gasteiger partial charge in [-0.15, -0.1) is 0 Å². The number of nitrogens with one attached hydrogen (secondary N) is 1. The topological polar surface area (TPSA) is 58.6 Å². The van der Waals surface area contributed by atoms with Crippen molar-refractivity contribution in [2.45, 2.75) is 27.3 Å². The molecule has 2 amide bonds. The summed E-state index contributed by atoms with van der Waals surface area (Å²) in [6, 6.07) is 13.3. The molecule has 0 unspecified atom stereocenters. The lowest BCUT2D eigenvalue weighted by molar-refractivity contribution is -0.123. The summed E-state index contributed by atoms with van der Waals surface area (Å²) >= 11 is 0. The minimum Gasteiger partial charge on any atom is -0.497 e. The van der Waals surface area contributed by atoms with Crippen molar-refractivity contribution in [1.29, 1.82) is 0 Å². The van der Waals surface area contributed by atoms with Crippen LogP contribution in [0.25, 0.3) is 0 Å². The van der Waals surface area contributed by atoms with Crippen LogP contribution in [-0.2, 0) is 16.1 Å². The number of carbonyl (C=O) groups is 2. The Bertz CT molecular complexity index is 734. The van der Waals surface area contributed by atoms with Crippen LogP contribution >= 0.6 is 0 Å². The smallest absolute Gasteiger partial charge is 0.240 e. The van der Waals surface area contributed by atoms with E-state index in [9.17, 15) is 9.59 Å². The summed E-state index contributed by atoms with van der Waals surface area (Å²) in [6.45, 7) is 5.81. The summed E-state index contributed by atoms with van der Waals surface area (Å²) < 4.78 is 5.11. The first kappa shape index (κ1) is 18.5. The van der Waals surface area contributed by atoms with Gasteiger partial charge in [-0.3, -0.25) is 9.59 Å². The van der Waals surface area contributed by atoms with E-state index >= 15 is 0 Å². The van der Waals surface area contributed by atoms with Crippen LogP contribution in [0, 0.1) is 13.8 Å². The van der Waals surface area contributed by atoms with Crippen molar-refractivity contribution in [3.63, 3.8) is 0 Å². The van der Waals surface area contributed by atoms with E-state index in [2.05, 4.69) is 5.32 Å². The Labute approximate surface area is 148 Å². The minimum absolute atomic E-state index is 0.00557. The molecule has 0 heterocycles. The zero-order valence-corrected chi connectivity index (χ0v) is 15.1. The van der Waals surface area contributed by atoms with Gasteiger partial charge in [0, 0.05) is 19.2 Å². The average molecular weight is 340 g/mol. The number of rotatable bonds is 6. The number of carbonyl (C=O) groups excluding carboxylic acids is 2. The zero-order valence-electron chi connectivity index (χ0n) is 15.1. The molecular weight excluding hydrogens is 316 g/mol. The molecule has 1 N–H and O–H groups in total. The van der Waals surface area contributed by atoms with Crippen LogP contribution < -0.4 is 15.0 Å². The highest BCUT2D eigenvalue weighted by atomic mass is 16.5. The molecule has 0 saturated heterocycles. The summed E-state index contributed by atoms with van der Waals surface area (Å²) in [5, 5.41) is 2.85. The van der Waals surface area contributed by atoms with E-state index in [4.69, 9.17) is 4.74 Å². The number of anilines is 1. The highest BCUT2D eigenvalue weighted by Gasteiger charge is 2.16. The number of ether oxygens (including phenoxy) is 1. The van der Waals surface area contributed by atoms with Crippen LogP contribution in [0.1, 0.15) is 23.6 Å². The van der Waals surface area contributed by atoms with E-state index in [1.54, 1.807) is 7.11 Å². The number of methoxy groups -OCH3 is 1.